The summed E-state index contributed by atoms with van der Waals surface area (Å²) >= 11 is 6.12. The van der Waals surface area contributed by atoms with E-state index in [0.29, 0.717) is 18.2 Å². The molecule has 0 spiro atoms. The van der Waals surface area contributed by atoms with Crippen molar-refractivity contribution in [2.45, 2.75) is 26.0 Å². The first kappa shape index (κ1) is 12.7. The molecule has 17 heavy (non-hydrogen) atoms. The zero-order valence-corrected chi connectivity index (χ0v) is 11.0. The number of aliphatic hydroxyl groups excluding tert-OH is 1. The van der Waals surface area contributed by atoms with E-state index in [4.69, 9.17) is 16.3 Å². The summed E-state index contributed by atoms with van der Waals surface area (Å²) in [6.45, 7) is 6.44. The van der Waals surface area contributed by atoms with E-state index < -0.39 is 0 Å². The van der Waals surface area contributed by atoms with Crippen molar-refractivity contribution >= 4 is 17.3 Å². The summed E-state index contributed by atoms with van der Waals surface area (Å²) < 4.78 is 5.50. The minimum Gasteiger partial charge on any atom is -0.392 e. The van der Waals surface area contributed by atoms with Crippen molar-refractivity contribution in [2.24, 2.45) is 0 Å². The normalized spacial score (nSPS) is 19.4. The predicted octanol–water partition coefficient (Wildman–Crippen LogP) is 2.45. The lowest BCUT2D eigenvalue weighted by Gasteiger charge is -2.44. The molecule has 1 aromatic rings. The molecular formula is C13H18ClNO2. The number of rotatable bonds is 2. The van der Waals surface area contributed by atoms with Crippen molar-refractivity contribution < 1.29 is 9.84 Å². The summed E-state index contributed by atoms with van der Waals surface area (Å²) in [5, 5.41) is 10.1. The van der Waals surface area contributed by atoms with Crippen LogP contribution in [0.4, 0.5) is 5.69 Å². The van der Waals surface area contributed by atoms with Crippen LogP contribution in [0.5, 0.6) is 0 Å². The fourth-order valence-electron chi connectivity index (χ4n) is 2.26. The van der Waals surface area contributed by atoms with Crippen molar-refractivity contribution in [1.29, 1.82) is 0 Å². The SMILES string of the molecule is CC1(C)COCCN1c1cccc(Cl)c1CO. The molecule has 3 nitrogen and oxygen atoms in total. The van der Waals surface area contributed by atoms with Gasteiger partial charge >= 0.3 is 0 Å². The minimum absolute atomic E-state index is 0.0392. The highest BCUT2D eigenvalue weighted by Crippen LogP contribution is 2.33. The van der Waals surface area contributed by atoms with E-state index in [0.717, 1.165) is 17.8 Å². The van der Waals surface area contributed by atoms with Gasteiger partial charge in [0.1, 0.15) is 0 Å². The Morgan fingerprint density at radius 3 is 2.88 bits per heavy atom. The topological polar surface area (TPSA) is 32.7 Å². The highest BCUT2D eigenvalue weighted by molar-refractivity contribution is 6.31. The predicted molar refractivity (Wildman–Crippen MR) is 69.6 cm³/mol. The molecule has 1 aliphatic heterocycles. The number of halogens is 1. The second kappa shape index (κ2) is 4.84. The molecule has 0 atom stereocenters. The Hall–Kier alpha value is -0.770. The number of aliphatic hydroxyl groups is 1. The number of benzene rings is 1. The van der Waals surface area contributed by atoms with E-state index in [9.17, 15) is 5.11 Å². The summed E-state index contributed by atoms with van der Waals surface area (Å²) in [6, 6.07) is 5.73. The van der Waals surface area contributed by atoms with Crippen molar-refractivity contribution in [3.05, 3.63) is 28.8 Å². The third-order valence-electron chi connectivity index (χ3n) is 3.19. The lowest BCUT2D eigenvalue weighted by atomic mass is 9.99. The van der Waals surface area contributed by atoms with E-state index in [1.54, 1.807) is 0 Å². The third kappa shape index (κ3) is 2.41. The van der Waals surface area contributed by atoms with Gasteiger partial charge in [0.05, 0.1) is 25.4 Å². The third-order valence-corrected chi connectivity index (χ3v) is 3.54. The molecule has 0 aromatic heterocycles. The van der Waals surface area contributed by atoms with Crippen LogP contribution in [0.25, 0.3) is 0 Å². The summed E-state index contributed by atoms with van der Waals surface area (Å²) in [5.41, 5.74) is 1.73. The molecule has 4 heteroatoms. The Bertz CT molecular complexity index is 406. The number of morpholine rings is 1. The summed E-state index contributed by atoms with van der Waals surface area (Å²) in [6.07, 6.45) is 0. The molecule has 1 saturated heterocycles. The van der Waals surface area contributed by atoms with Crippen LogP contribution in [0.1, 0.15) is 19.4 Å². The van der Waals surface area contributed by atoms with E-state index in [2.05, 4.69) is 18.7 Å². The van der Waals surface area contributed by atoms with Crippen molar-refractivity contribution in [3.8, 4) is 0 Å². The molecule has 0 amide bonds. The maximum atomic E-state index is 9.46. The molecule has 1 fully saturated rings. The maximum Gasteiger partial charge on any atom is 0.0716 e. The van der Waals surface area contributed by atoms with Crippen molar-refractivity contribution in [3.63, 3.8) is 0 Å². The fourth-order valence-corrected chi connectivity index (χ4v) is 2.49. The molecular weight excluding hydrogens is 238 g/mol. The fraction of sp³-hybridized carbons (Fsp3) is 0.538. The second-order valence-corrected chi connectivity index (χ2v) is 5.32. The molecule has 1 N–H and O–H groups in total. The van der Waals surface area contributed by atoms with Gasteiger partial charge in [-0.2, -0.15) is 0 Å². The molecule has 1 aromatic carbocycles. The first-order valence-electron chi connectivity index (χ1n) is 5.80. The van der Waals surface area contributed by atoms with Crippen LogP contribution in [-0.2, 0) is 11.3 Å². The van der Waals surface area contributed by atoms with Crippen LogP contribution in [0, 0.1) is 0 Å². The molecule has 0 aliphatic carbocycles. The lowest BCUT2D eigenvalue weighted by Crippen LogP contribution is -2.53. The van der Waals surface area contributed by atoms with Crippen molar-refractivity contribution in [1.82, 2.24) is 0 Å². The molecule has 0 unspecified atom stereocenters. The Morgan fingerprint density at radius 1 is 1.47 bits per heavy atom. The van der Waals surface area contributed by atoms with Gasteiger partial charge in [-0.3, -0.25) is 0 Å². The highest BCUT2D eigenvalue weighted by atomic mass is 35.5. The Kier molecular flexibility index (Phi) is 3.61. The number of nitrogens with zero attached hydrogens (tertiary/aromatic N) is 1. The molecule has 1 heterocycles. The molecule has 0 radical (unpaired) electrons. The number of hydrogen-bond donors (Lipinski definition) is 1. The Morgan fingerprint density at radius 2 is 2.24 bits per heavy atom. The Balaban J connectivity index is 2.42. The van der Waals surface area contributed by atoms with Gasteiger partial charge in [-0.15, -0.1) is 0 Å². The summed E-state index contributed by atoms with van der Waals surface area (Å²) in [4.78, 5) is 2.26. The largest absolute Gasteiger partial charge is 0.392 e. The first-order valence-corrected chi connectivity index (χ1v) is 6.18. The zero-order chi connectivity index (χ0) is 12.5. The van der Waals surface area contributed by atoms with Gasteiger partial charge in [-0.1, -0.05) is 17.7 Å². The van der Waals surface area contributed by atoms with Crippen LogP contribution >= 0.6 is 11.6 Å². The zero-order valence-electron chi connectivity index (χ0n) is 10.2. The average Bonchev–Trinajstić information content (AvgIpc) is 2.28. The lowest BCUT2D eigenvalue weighted by molar-refractivity contribution is 0.0641. The van der Waals surface area contributed by atoms with E-state index in [-0.39, 0.29) is 12.1 Å². The molecule has 0 saturated carbocycles. The molecule has 94 valence electrons. The smallest absolute Gasteiger partial charge is 0.0716 e. The van der Waals surface area contributed by atoms with Crippen molar-refractivity contribution in [2.75, 3.05) is 24.7 Å². The van der Waals surface area contributed by atoms with E-state index in [1.807, 2.05) is 18.2 Å². The highest BCUT2D eigenvalue weighted by Gasteiger charge is 2.32. The van der Waals surface area contributed by atoms with Gasteiger partial charge in [-0.05, 0) is 26.0 Å². The number of anilines is 1. The van der Waals surface area contributed by atoms with Crippen LogP contribution in [0.2, 0.25) is 5.02 Å². The van der Waals surface area contributed by atoms with Crippen LogP contribution in [0.15, 0.2) is 18.2 Å². The van der Waals surface area contributed by atoms with E-state index in [1.165, 1.54) is 0 Å². The second-order valence-electron chi connectivity index (χ2n) is 4.91. The van der Waals surface area contributed by atoms with E-state index >= 15 is 0 Å². The molecule has 0 bridgehead atoms. The number of ether oxygens (including phenoxy) is 1. The quantitative estimate of drug-likeness (QED) is 0.881. The van der Waals surface area contributed by atoms with Gasteiger partial charge in [0.25, 0.3) is 0 Å². The summed E-state index contributed by atoms with van der Waals surface area (Å²) in [7, 11) is 0. The van der Waals surface area contributed by atoms with Crippen LogP contribution < -0.4 is 4.90 Å². The van der Waals surface area contributed by atoms with Gasteiger partial charge in [0, 0.05) is 22.8 Å². The van der Waals surface area contributed by atoms with Gasteiger partial charge in [0.15, 0.2) is 0 Å². The monoisotopic (exact) mass is 255 g/mol. The standard InChI is InChI=1S/C13H18ClNO2/c1-13(2)9-17-7-6-15(13)12-5-3-4-11(14)10(12)8-16/h3-5,16H,6-9H2,1-2H3. The van der Waals surface area contributed by atoms with Crippen LogP contribution in [0.3, 0.4) is 0 Å². The number of hydrogen-bond acceptors (Lipinski definition) is 3. The summed E-state index contributed by atoms with van der Waals surface area (Å²) in [5.74, 6) is 0. The van der Waals surface area contributed by atoms with Gasteiger partial charge in [-0.25, -0.2) is 0 Å². The molecule has 2 rings (SSSR count). The van der Waals surface area contributed by atoms with Crippen LogP contribution in [-0.4, -0.2) is 30.4 Å². The van der Waals surface area contributed by atoms with Gasteiger partial charge in [0.2, 0.25) is 0 Å². The molecule has 1 aliphatic rings. The minimum atomic E-state index is -0.0765. The van der Waals surface area contributed by atoms with Gasteiger partial charge < -0.3 is 14.7 Å². The average molecular weight is 256 g/mol. The Labute approximate surface area is 107 Å². The maximum absolute atomic E-state index is 9.46. The first-order chi connectivity index (χ1) is 8.06.